The van der Waals surface area contributed by atoms with E-state index in [2.05, 4.69) is 67.0 Å². The number of aryl methyl sites for hydroxylation is 1. The molecule has 0 radical (unpaired) electrons. The van der Waals surface area contributed by atoms with Gasteiger partial charge < -0.3 is 19.5 Å². The molecule has 4 rings (SSSR count). The highest BCUT2D eigenvalue weighted by molar-refractivity contribution is 5.61. The first-order valence-corrected chi connectivity index (χ1v) is 13.7. The summed E-state index contributed by atoms with van der Waals surface area (Å²) in [5.74, 6) is 2.17. The van der Waals surface area contributed by atoms with Crippen molar-refractivity contribution in [2.24, 2.45) is 5.92 Å². The quantitative estimate of drug-likeness (QED) is 0.382. The van der Waals surface area contributed by atoms with Crippen molar-refractivity contribution in [1.29, 1.82) is 0 Å². The Morgan fingerprint density at radius 2 is 1.63 bits per heavy atom. The minimum Gasteiger partial charge on any atom is -0.389 e. The summed E-state index contributed by atoms with van der Waals surface area (Å²) >= 11 is 0. The Morgan fingerprint density at radius 3 is 2.29 bits per heavy atom. The second-order valence-electron chi connectivity index (χ2n) is 10.6. The van der Waals surface area contributed by atoms with Crippen molar-refractivity contribution in [3.8, 4) is 11.4 Å². The van der Waals surface area contributed by atoms with E-state index >= 15 is 0 Å². The molecule has 2 heterocycles. The fraction of sp³-hybridized carbons (Fsp3) is 0.484. The standard InChI is InChI=1S/C31H42N4O3/c1-23(2)20-38-21-27(36)19-34-14-16-35(17-15-34)31-28(18-25-12-10-24(3)11-13-25)29(22-37-4)32-30(33-31)26-8-6-5-7-9-26/h5-13,23,27,36H,14-22H2,1-4H3/t27-/m1/s1. The molecule has 1 aliphatic heterocycles. The summed E-state index contributed by atoms with van der Waals surface area (Å²) in [6, 6.07) is 18.8. The van der Waals surface area contributed by atoms with Crippen molar-refractivity contribution < 1.29 is 14.6 Å². The highest BCUT2D eigenvalue weighted by atomic mass is 16.5. The van der Waals surface area contributed by atoms with Gasteiger partial charge in [-0.15, -0.1) is 0 Å². The molecule has 1 N–H and O–H groups in total. The number of aliphatic hydroxyl groups excluding tert-OH is 1. The van der Waals surface area contributed by atoms with Crippen LogP contribution in [0, 0.1) is 12.8 Å². The van der Waals surface area contributed by atoms with Crippen molar-refractivity contribution in [3.63, 3.8) is 0 Å². The number of anilines is 1. The van der Waals surface area contributed by atoms with Crippen molar-refractivity contribution in [2.75, 3.05) is 57.9 Å². The smallest absolute Gasteiger partial charge is 0.161 e. The van der Waals surface area contributed by atoms with Gasteiger partial charge >= 0.3 is 0 Å². The predicted octanol–water partition coefficient (Wildman–Crippen LogP) is 4.34. The first kappa shape index (κ1) is 28.2. The van der Waals surface area contributed by atoms with Crippen molar-refractivity contribution in [1.82, 2.24) is 14.9 Å². The lowest BCUT2D eigenvalue weighted by Gasteiger charge is -2.37. The minimum atomic E-state index is -0.477. The number of hydrogen-bond acceptors (Lipinski definition) is 7. The number of piperazine rings is 1. The van der Waals surface area contributed by atoms with Crippen LogP contribution in [-0.2, 0) is 22.5 Å². The van der Waals surface area contributed by atoms with Crippen LogP contribution in [0.15, 0.2) is 54.6 Å². The fourth-order valence-corrected chi connectivity index (χ4v) is 4.78. The van der Waals surface area contributed by atoms with E-state index in [1.165, 1.54) is 11.1 Å². The number of nitrogens with zero attached hydrogens (tertiary/aromatic N) is 4. The van der Waals surface area contributed by atoms with Gasteiger partial charge in [0.2, 0.25) is 0 Å². The molecular weight excluding hydrogens is 476 g/mol. The Bertz CT molecular complexity index is 1130. The third-order valence-corrected chi connectivity index (χ3v) is 6.79. The van der Waals surface area contributed by atoms with E-state index in [4.69, 9.17) is 19.4 Å². The first-order valence-electron chi connectivity index (χ1n) is 13.7. The van der Waals surface area contributed by atoms with Crippen LogP contribution >= 0.6 is 0 Å². The first-order chi connectivity index (χ1) is 18.4. The predicted molar refractivity (Wildman–Crippen MR) is 152 cm³/mol. The number of benzene rings is 2. The molecule has 2 aromatic carbocycles. The number of methoxy groups -OCH3 is 1. The van der Waals surface area contributed by atoms with Crippen LogP contribution in [-0.4, -0.2) is 79.1 Å². The average Bonchev–Trinajstić information content (AvgIpc) is 2.91. The van der Waals surface area contributed by atoms with Crippen LogP contribution in [0.3, 0.4) is 0 Å². The molecule has 0 aliphatic carbocycles. The lowest BCUT2D eigenvalue weighted by Crippen LogP contribution is -2.49. The van der Waals surface area contributed by atoms with Crippen LogP contribution in [0.5, 0.6) is 0 Å². The van der Waals surface area contributed by atoms with E-state index in [0.29, 0.717) is 32.3 Å². The topological polar surface area (TPSA) is 71.0 Å². The number of ether oxygens (including phenoxy) is 2. The number of aliphatic hydroxyl groups is 1. The molecule has 0 spiro atoms. The number of β-amino-alcohol motifs (C(OH)–C–C–N with tert-alkyl or cyclic N) is 1. The van der Waals surface area contributed by atoms with Gasteiger partial charge in [-0.2, -0.15) is 0 Å². The summed E-state index contributed by atoms with van der Waals surface area (Å²) < 4.78 is 11.3. The SMILES string of the molecule is COCc1nc(-c2ccccc2)nc(N2CCN(C[C@@H](O)COCC(C)C)CC2)c1Cc1ccc(C)cc1. The van der Waals surface area contributed by atoms with Crippen molar-refractivity contribution >= 4 is 5.82 Å². The van der Waals surface area contributed by atoms with E-state index in [-0.39, 0.29) is 0 Å². The van der Waals surface area contributed by atoms with Crippen LogP contribution in [0.2, 0.25) is 0 Å². The van der Waals surface area contributed by atoms with Crippen molar-refractivity contribution in [2.45, 2.75) is 39.9 Å². The second-order valence-corrected chi connectivity index (χ2v) is 10.6. The molecule has 1 aliphatic rings. The minimum absolute atomic E-state index is 0.381. The van der Waals surface area contributed by atoms with Gasteiger partial charge in [-0.25, -0.2) is 9.97 Å². The molecule has 204 valence electrons. The van der Waals surface area contributed by atoms with E-state index in [0.717, 1.165) is 61.1 Å². The normalized spacial score (nSPS) is 15.3. The Hall–Kier alpha value is -2.84. The molecule has 1 saturated heterocycles. The summed E-state index contributed by atoms with van der Waals surface area (Å²) in [6.45, 7) is 11.8. The third kappa shape index (κ3) is 7.84. The number of hydrogen-bond donors (Lipinski definition) is 1. The molecule has 0 unspecified atom stereocenters. The van der Waals surface area contributed by atoms with Gasteiger partial charge in [-0.1, -0.05) is 74.0 Å². The molecule has 0 amide bonds. The largest absolute Gasteiger partial charge is 0.389 e. The lowest BCUT2D eigenvalue weighted by molar-refractivity contribution is 0.00745. The van der Waals surface area contributed by atoms with Gasteiger partial charge in [0.25, 0.3) is 0 Å². The monoisotopic (exact) mass is 518 g/mol. The van der Waals surface area contributed by atoms with Gasteiger partial charge in [0, 0.05) is 64.0 Å². The second kappa shape index (κ2) is 13.8. The molecular formula is C31H42N4O3. The highest BCUT2D eigenvalue weighted by Crippen LogP contribution is 2.29. The zero-order valence-corrected chi connectivity index (χ0v) is 23.3. The van der Waals surface area contributed by atoms with Gasteiger partial charge in [-0.05, 0) is 18.4 Å². The van der Waals surface area contributed by atoms with Gasteiger partial charge in [-0.3, -0.25) is 4.90 Å². The van der Waals surface area contributed by atoms with E-state index < -0.39 is 6.10 Å². The average molecular weight is 519 g/mol. The zero-order chi connectivity index (χ0) is 26.9. The van der Waals surface area contributed by atoms with Crippen LogP contribution in [0.25, 0.3) is 11.4 Å². The fourth-order valence-electron chi connectivity index (χ4n) is 4.78. The Balaban J connectivity index is 1.57. The van der Waals surface area contributed by atoms with Gasteiger partial charge in [0.05, 0.1) is 25.0 Å². The van der Waals surface area contributed by atoms with E-state index in [1.54, 1.807) is 7.11 Å². The maximum atomic E-state index is 10.5. The summed E-state index contributed by atoms with van der Waals surface area (Å²) in [5.41, 5.74) is 5.52. The number of aromatic nitrogens is 2. The Labute approximate surface area is 227 Å². The lowest BCUT2D eigenvalue weighted by atomic mass is 10.0. The maximum Gasteiger partial charge on any atom is 0.161 e. The molecule has 3 aromatic rings. The molecule has 0 bridgehead atoms. The molecule has 7 heteroatoms. The molecule has 7 nitrogen and oxygen atoms in total. The molecule has 38 heavy (non-hydrogen) atoms. The number of rotatable bonds is 12. The highest BCUT2D eigenvalue weighted by Gasteiger charge is 2.25. The van der Waals surface area contributed by atoms with Crippen LogP contribution in [0.4, 0.5) is 5.82 Å². The molecule has 0 saturated carbocycles. The molecule has 1 atom stereocenters. The zero-order valence-electron chi connectivity index (χ0n) is 23.3. The van der Waals surface area contributed by atoms with E-state index in [9.17, 15) is 5.11 Å². The third-order valence-electron chi connectivity index (χ3n) is 6.79. The Morgan fingerprint density at radius 1 is 0.921 bits per heavy atom. The van der Waals surface area contributed by atoms with Gasteiger partial charge in [0.1, 0.15) is 5.82 Å². The Kier molecular flexibility index (Phi) is 10.2. The van der Waals surface area contributed by atoms with Crippen molar-refractivity contribution in [3.05, 3.63) is 77.0 Å². The molecule has 1 aromatic heterocycles. The van der Waals surface area contributed by atoms with Gasteiger partial charge in [0.15, 0.2) is 5.82 Å². The van der Waals surface area contributed by atoms with Crippen LogP contribution < -0.4 is 4.90 Å². The van der Waals surface area contributed by atoms with Crippen LogP contribution in [0.1, 0.15) is 36.2 Å². The van der Waals surface area contributed by atoms with E-state index in [1.807, 2.05) is 18.2 Å². The summed E-state index contributed by atoms with van der Waals surface area (Å²) in [4.78, 5) is 14.8. The summed E-state index contributed by atoms with van der Waals surface area (Å²) in [5, 5.41) is 10.5. The summed E-state index contributed by atoms with van der Waals surface area (Å²) in [6.07, 6.45) is 0.268. The molecule has 1 fully saturated rings. The summed E-state index contributed by atoms with van der Waals surface area (Å²) in [7, 11) is 1.72. The maximum absolute atomic E-state index is 10.5.